The summed E-state index contributed by atoms with van der Waals surface area (Å²) in [5.74, 6) is -1.67. The standard InChI is InChI=1S/C11H16O4/c1-6(10(14)15-4)5-7-8(9(12)13)11(7,2)3/h5,7-8H,1-4H3,(H,12,13)/b6-5+. The summed E-state index contributed by atoms with van der Waals surface area (Å²) in [5.41, 5.74) is 0.209. The summed E-state index contributed by atoms with van der Waals surface area (Å²) in [5, 5.41) is 8.92. The fourth-order valence-corrected chi connectivity index (χ4v) is 1.96. The lowest BCUT2D eigenvalue weighted by atomic mass is 10.1. The number of carbonyl (C=O) groups is 2. The van der Waals surface area contributed by atoms with Gasteiger partial charge in [0.25, 0.3) is 0 Å². The van der Waals surface area contributed by atoms with Crippen LogP contribution in [0.3, 0.4) is 0 Å². The number of rotatable bonds is 3. The lowest BCUT2D eigenvalue weighted by Crippen LogP contribution is -2.03. The SMILES string of the molecule is COC(=O)/C(C)=C/C1C(C(=O)O)C1(C)C. The zero-order valence-corrected chi connectivity index (χ0v) is 9.40. The predicted octanol–water partition coefficient (Wildman–Crippen LogP) is 1.46. The van der Waals surface area contributed by atoms with Gasteiger partial charge in [-0.15, -0.1) is 0 Å². The summed E-state index contributed by atoms with van der Waals surface area (Å²) < 4.78 is 4.55. The van der Waals surface area contributed by atoms with E-state index < -0.39 is 17.9 Å². The molecule has 4 nitrogen and oxygen atoms in total. The third-order valence-electron chi connectivity index (χ3n) is 3.11. The first-order valence-electron chi connectivity index (χ1n) is 4.82. The first kappa shape index (κ1) is 11.8. The molecule has 0 aromatic rings. The Kier molecular flexibility index (Phi) is 2.88. The van der Waals surface area contributed by atoms with E-state index in [1.54, 1.807) is 13.0 Å². The molecule has 0 radical (unpaired) electrons. The van der Waals surface area contributed by atoms with Crippen LogP contribution >= 0.6 is 0 Å². The first-order valence-corrected chi connectivity index (χ1v) is 4.82. The molecule has 1 fully saturated rings. The first-order chi connectivity index (χ1) is 6.82. The van der Waals surface area contributed by atoms with Gasteiger partial charge in [0.1, 0.15) is 0 Å². The molecule has 15 heavy (non-hydrogen) atoms. The lowest BCUT2D eigenvalue weighted by molar-refractivity contribution is -0.139. The van der Waals surface area contributed by atoms with Crippen molar-refractivity contribution in [1.29, 1.82) is 0 Å². The van der Waals surface area contributed by atoms with Crippen LogP contribution in [0, 0.1) is 17.3 Å². The minimum absolute atomic E-state index is 0.0749. The fourth-order valence-electron chi connectivity index (χ4n) is 1.96. The second-order valence-electron chi connectivity index (χ2n) is 4.50. The van der Waals surface area contributed by atoms with Crippen LogP contribution in [0.15, 0.2) is 11.6 Å². The lowest BCUT2D eigenvalue weighted by Gasteiger charge is -1.99. The van der Waals surface area contributed by atoms with Gasteiger partial charge in [-0.3, -0.25) is 4.79 Å². The molecule has 2 unspecified atom stereocenters. The molecule has 1 saturated carbocycles. The van der Waals surface area contributed by atoms with Gasteiger partial charge in [-0.2, -0.15) is 0 Å². The molecule has 0 bridgehead atoms. The third-order valence-corrected chi connectivity index (χ3v) is 3.11. The summed E-state index contributed by atoms with van der Waals surface area (Å²) in [4.78, 5) is 22.0. The minimum atomic E-state index is -0.807. The van der Waals surface area contributed by atoms with Crippen LogP contribution in [-0.4, -0.2) is 24.2 Å². The summed E-state index contributed by atoms with van der Waals surface area (Å²) >= 11 is 0. The maximum atomic E-state index is 11.1. The van der Waals surface area contributed by atoms with E-state index in [1.165, 1.54) is 7.11 Å². The largest absolute Gasteiger partial charge is 0.481 e. The van der Waals surface area contributed by atoms with Gasteiger partial charge in [0, 0.05) is 5.57 Å². The summed E-state index contributed by atoms with van der Waals surface area (Å²) in [6.07, 6.45) is 1.70. The van der Waals surface area contributed by atoms with Gasteiger partial charge in [-0.25, -0.2) is 4.79 Å². The van der Waals surface area contributed by atoms with E-state index in [2.05, 4.69) is 4.74 Å². The average Bonchev–Trinajstić information content (AvgIpc) is 2.66. The molecule has 0 heterocycles. The number of methoxy groups -OCH3 is 1. The Morgan fingerprint density at radius 1 is 1.40 bits per heavy atom. The summed E-state index contributed by atoms with van der Waals surface area (Å²) in [6.45, 7) is 5.41. The predicted molar refractivity (Wildman–Crippen MR) is 54.2 cm³/mol. The van der Waals surface area contributed by atoms with Crippen molar-refractivity contribution < 1.29 is 19.4 Å². The van der Waals surface area contributed by atoms with Crippen LogP contribution in [0.25, 0.3) is 0 Å². The van der Waals surface area contributed by atoms with E-state index in [9.17, 15) is 9.59 Å². The molecule has 0 aromatic carbocycles. The highest BCUT2D eigenvalue weighted by atomic mass is 16.5. The molecule has 0 saturated heterocycles. The molecule has 4 heteroatoms. The number of hydrogen-bond donors (Lipinski definition) is 1. The average molecular weight is 212 g/mol. The van der Waals surface area contributed by atoms with Crippen LogP contribution in [0.5, 0.6) is 0 Å². The second kappa shape index (κ2) is 3.68. The molecule has 0 amide bonds. The molecule has 1 N–H and O–H groups in total. The van der Waals surface area contributed by atoms with E-state index in [4.69, 9.17) is 5.11 Å². The maximum absolute atomic E-state index is 11.1. The smallest absolute Gasteiger partial charge is 0.333 e. The Bertz CT molecular complexity index is 327. The van der Waals surface area contributed by atoms with E-state index in [1.807, 2.05) is 13.8 Å². The second-order valence-corrected chi connectivity index (χ2v) is 4.50. The molecule has 2 atom stereocenters. The van der Waals surface area contributed by atoms with Crippen molar-refractivity contribution in [2.45, 2.75) is 20.8 Å². The Morgan fingerprint density at radius 3 is 2.27 bits per heavy atom. The highest BCUT2D eigenvalue weighted by Crippen LogP contribution is 2.59. The number of carboxylic acid groups (broad SMARTS) is 1. The maximum Gasteiger partial charge on any atom is 0.333 e. The topological polar surface area (TPSA) is 63.6 Å². The molecule has 1 rings (SSSR count). The molecule has 0 aromatic heterocycles. The number of esters is 1. The molecule has 0 spiro atoms. The van der Waals surface area contributed by atoms with Crippen molar-refractivity contribution in [3.63, 3.8) is 0 Å². The van der Waals surface area contributed by atoms with E-state index >= 15 is 0 Å². The molecule has 1 aliphatic rings. The molecule has 84 valence electrons. The number of ether oxygens (including phenoxy) is 1. The molecule has 0 aliphatic heterocycles. The quantitative estimate of drug-likeness (QED) is 0.568. The molecular formula is C11H16O4. The van der Waals surface area contributed by atoms with Crippen LogP contribution in [0.2, 0.25) is 0 Å². The van der Waals surface area contributed by atoms with Crippen LogP contribution in [-0.2, 0) is 14.3 Å². The zero-order valence-electron chi connectivity index (χ0n) is 9.40. The monoisotopic (exact) mass is 212 g/mol. The number of hydrogen-bond acceptors (Lipinski definition) is 3. The number of carboxylic acids is 1. The molecule has 1 aliphatic carbocycles. The van der Waals surface area contributed by atoms with Gasteiger partial charge in [-0.1, -0.05) is 19.9 Å². The summed E-state index contributed by atoms with van der Waals surface area (Å²) in [7, 11) is 1.31. The van der Waals surface area contributed by atoms with Crippen LogP contribution in [0.4, 0.5) is 0 Å². The Hall–Kier alpha value is -1.32. The third kappa shape index (κ3) is 2.03. The Balaban J connectivity index is 2.78. The van der Waals surface area contributed by atoms with Gasteiger partial charge in [0.2, 0.25) is 0 Å². The van der Waals surface area contributed by atoms with Crippen molar-refractivity contribution >= 4 is 11.9 Å². The number of carbonyl (C=O) groups excluding carboxylic acids is 1. The van der Waals surface area contributed by atoms with Gasteiger partial charge in [0.15, 0.2) is 0 Å². The number of allylic oxidation sites excluding steroid dienone is 1. The summed E-state index contributed by atoms with van der Waals surface area (Å²) in [6, 6.07) is 0. The van der Waals surface area contributed by atoms with Crippen molar-refractivity contribution in [1.82, 2.24) is 0 Å². The van der Waals surface area contributed by atoms with Crippen molar-refractivity contribution in [2.75, 3.05) is 7.11 Å². The normalized spacial score (nSPS) is 28.4. The van der Waals surface area contributed by atoms with Gasteiger partial charge >= 0.3 is 11.9 Å². The number of aliphatic carboxylic acids is 1. The molecular weight excluding hydrogens is 196 g/mol. The van der Waals surface area contributed by atoms with Gasteiger partial charge in [-0.05, 0) is 18.3 Å². The van der Waals surface area contributed by atoms with Crippen LogP contribution < -0.4 is 0 Å². The van der Waals surface area contributed by atoms with Gasteiger partial charge < -0.3 is 9.84 Å². The van der Waals surface area contributed by atoms with E-state index in [0.29, 0.717) is 5.57 Å². The Labute approximate surface area is 88.9 Å². The highest BCUT2D eigenvalue weighted by Gasteiger charge is 2.61. The van der Waals surface area contributed by atoms with Crippen molar-refractivity contribution in [3.05, 3.63) is 11.6 Å². The van der Waals surface area contributed by atoms with E-state index in [-0.39, 0.29) is 11.3 Å². The zero-order chi connectivity index (χ0) is 11.8. The Morgan fingerprint density at radius 2 is 1.93 bits per heavy atom. The minimum Gasteiger partial charge on any atom is -0.481 e. The van der Waals surface area contributed by atoms with E-state index in [0.717, 1.165) is 0 Å². The van der Waals surface area contributed by atoms with Crippen molar-refractivity contribution in [2.24, 2.45) is 17.3 Å². The van der Waals surface area contributed by atoms with Crippen molar-refractivity contribution in [3.8, 4) is 0 Å². The van der Waals surface area contributed by atoms with Gasteiger partial charge in [0.05, 0.1) is 13.0 Å². The van der Waals surface area contributed by atoms with Crippen LogP contribution in [0.1, 0.15) is 20.8 Å². The fraction of sp³-hybridized carbons (Fsp3) is 0.636. The highest BCUT2D eigenvalue weighted by molar-refractivity contribution is 5.88.